The van der Waals surface area contributed by atoms with E-state index < -0.39 is 15.8 Å². The number of rotatable bonds is 6. The molecule has 0 aliphatic heterocycles. The smallest absolute Gasteiger partial charge is 0.0622 e. The van der Waals surface area contributed by atoms with E-state index in [1.807, 2.05) is 0 Å². The minimum absolute atomic E-state index is 0. The van der Waals surface area contributed by atoms with E-state index in [2.05, 4.69) is 182 Å². The standard InChI is InChI=1S/2C18H15P.Cu/c2*1-4-10-16(11-5-1)19(17-12-6-2-7-13-17)18-14-8-3-9-15-18;/h2*1-15H;/q;;+2. The number of hydrogen-bond donors (Lipinski definition) is 0. The summed E-state index contributed by atoms with van der Waals surface area (Å²) in [6.07, 6.45) is 0. The quantitative estimate of drug-likeness (QED) is 0.147. The number of hydrogen-bond acceptors (Lipinski definition) is 0. The molecule has 1 radical (unpaired) electrons. The predicted octanol–water partition coefficient (Wildman–Crippen LogP) is 6.89. The van der Waals surface area contributed by atoms with Gasteiger partial charge in [0.1, 0.15) is 0 Å². The Labute approximate surface area is 245 Å². The normalized spacial score (nSPS) is 10.3. The first-order valence-corrected chi connectivity index (χ1v) is 15.5. The van der Waals surface area contributed by atoms with Crippen LogP contribution in [0.5, 0.6) is 0 Å². The predicted molar refractivity (Wildman–Crippen MR) is 170 cm³/mol. The zero-order valence-electron chi connectivity index (χ0n) is 21.5. The molecule has 0 nitrogen and oxygen atoms in total. The molecule has 6 rings (SSSR count). The van der Waals surface area contributed by atoms with Crippen molar-refractivity contribution in [1.82, 2.24) is 0 Å². The van der Waals surface area contributed by atoms with Crippen LogP contribution < -0.4 is 31.8 Å². The van der Waals surface area contributed by atoms with Gasteiger partial charge in [0, 0.05) is 0 Å². The summed E-state index contributed by atoms with van der Waals surface area (Å²) >= 11 is 0. The van der Waals surface area contributed by atoms with Gasteiger partial charge >= 0.3 is 17.1 Å². The molecule has 0 aliphatic rings. The molecule has 6 aromatic rings. The zero-order chi connectivity index (χ0) is 25.8. The van der Waals surface area contributed by atoms with Crippen LogP contribution in [-0.2, 0) is 17.1 Å². The van der Waals surface area contributed by atoms with Crippen molar-refractivity contribution in [3.05, 3.63) is 182 Å². The second-order valence-electron chi connectivity index (χ2n) is 8.68. The summed E-state index contributed by atoms with van der Waals surface area (Å²) in [6.45, 7) is 0. The Hall–Kier alpha value is -3.30. The van der Waals surface area contributed by atoms with Gasteiger partial charge in [-0.25, -0.2) is 0 Å². The molecule has 0 bridgehead atoms. The van der Waals surface area contributed by atoms with Crippen LogP contribution in [0.2, 0.25) is 0 Å². The molecule has 3 heteroatoms. The summed E-state index contributed by atoms with van der Waals surface area (Å²) in [5, 5.41) is 8.39. The fourth-order valence-corrected chi connectivity index (χ4v) is 8.97. The maximum atomic E-state index is 2.23. The minimum Gasteiger partial charge on any atom is -0.0622 e. The molecular weight excluding hydrogens is 558 g/mol. The van der Waals surface area contributed by atoms with Gasteiger partial charge in [-0.2, -0.15) is 0 Å². The summed E-state index contributed by atoms with van der Waals surface area (Å²) in [6, 6.07) is 64.7. The Bertz CT molecular complexity index is 1170. The van der Waals surface area contributed by atoms with Crippen molar-refractivity contribution in [3.8, 4) is 0 Å². The molecule has 0 unspecified atom stereocenters. The van der Waals surface area contributed by atoms with Crippen LogP contribution in [0.1, 0.15) is 0 Å². The summed E-state index contributed by atoms with van der Waals surface area (Å²) in [5.74, 6) is 0. The Kier molecular flexibility index (Phi) is 11.3. The number of benzene rings is 6. The van der Waals surface area contributed by atoms with Crippen molar-refractivity contribution in [2.45, 2.75) is 0 Å². The second-order valence-corrected chi connectivity index (χ2v) is 13.1. The van der Waals surface area contributed by atoms with Gasteiger partial charge in [-0.3, -0.25) is 0 Å². The van der Waals surface area contributed by atoms with Gasteiger partial charge in [-0.05, 0) is 47.7 Å². The third-order valence-corrected chi connectivity index (χ3v) is 11.0. The molecular formula is C36H30CuP2+2. The van der Waals surface area contributed by atoms with E-state index in [-0.39, 0.29) is 17.1 Å². The summed E-state index contributed by atoms with van der Waals surface area (Å²) < 4.78 is 0. The maximum absolute atomic E-state index is 2.23. The van der Waals surface area contributed by atoms with Crippen molar-refractivity contribution < 1.29 is 17.1 Å². The Balaban J connectivity index is 0.000000176. The molecule has 0 saturated carbocycles. The van der Waals surface area contributed by atoms with Gasteiger partial charge in [0.15, 0.2) is 0 Å². The molecule has 39 heavy (non-hydrogen) atoms. The average Bonchev–Trinajstić information content (AvgIpc) is 3.01. The first-order chi connectivity index (χ1) is 18.9. The Morgan fingerprint density at radius 3 is 0.462 bits per heavy atom. The average molecular weight is 588 g/mol. The molecule has 0 aliphatic carbocycles. The minimum atomic E-state index is -0.446. The topological polar surface area (TPSA) is 0 Å². The zero-order valence-corrected chi connectivity index (χ0v) is 24.2. The van der Waals surface area contributed by atoms with Gasteiger partial charge in [0.25, 0.3) is 0 Å². The van der Waals surface area contributed by atoms with Crippen molar-refractivity contribution >= 4 is 47.7 Å². The fraction of sp³-hybridized carbons (Fsp3) is 0. The van der Waals surface area contributed by atoms with Gasteiger partial charge < -0.3 is 0 Å². The molecule has 193 valence electrons. The van der Waals surface area contributed by atoms with E-state index >= 15 is 0 Å². The van der Waals surface area contributed by atoms with Crippen LogP contribution >= 0.6 is 15.8 Å². The van der Waals surface area contributed by atoms with Gasteiger partial charge in [-0.15, -0.1) is 0 Å². The van der Waals surface area contributed by atoms with Crippen molar-refractivity contribution in [2.24, 2.45) is 0 Å². The third-order valence-electron chi connectivity index (χ3n) is 6.09. The Morgan fingerprint density at radius 2 is 0.333 bits per heavy atom. The van der Waals surface area contributed by atoms with Crippen LogP contribution in [0.15, 0.2) is 182 Å². The van der Waals surface area contributed by atoms with Gasteiger partial charge in [-0.1, -0.05) is 182 Å². The van der Waals surface area contributed by atoms with Crippen molar-refractivity contribution in [2.75, 3.05) is 0 Å². The summed E-state index contributed by atoms with van der Waals surface area (Å²) in [7, 11) is -0.892. The monoisotopic (exact) mass is 587 g/mol. The van der Waals surface area contributed by atoms with Gasteiger partial charge in [0.2, 0.25) is 0 Å². The molecule has 0 saturated heterocycles. The van der Waals surface area contributed by atoms with E-state index in [1.165, 1.54) is 31.8 Å². The molecule has 0 atom stereocenters. The summed E-state index contributed by atoms with van der Waals surface area (Å²) in [4.78, 5) is 0. The van der Waals surface area contributed by atoms with Crippen LogP contribution in [0.4, 0.5) is 0 Å². The second kappa shape index (κ2) is 15.3. The van der Waals surface area contributed by atoms with Crippen LogP contribution in [0, 0.1) is 0 Å². The molecule has 0 heterocycles. The van der Waals surface area contributed by atoms with Crippen LogP contribution in [0.3, 0.4) is 0 Å². The van der Waals surface area contributed by atoms with E-state index in [0.717, 1.165) is 0 Å². The van der Waals surface area contributed by atoms with Crippen molar-refractivity contribution in [1.29, 1.82) is 0 Å². The largest absolute Gasteiger partial charge is 2.00 e. The third kappa shape index (κ3) is 7.86. The first kappa shape index (κ1) is 28.7. The molecule has 6 aromatic carbocycles. The molecule has 0 fully saturated rings. The van der Waals surface area contributed by atoms with E-state index in [0.29, 0.717) is 0 Å². The Morgan fingerprint density at radius 1 is 0.205 bits per heavy atom. The summed E-state index contributed by atoms with van der Waals surface area (Å²) in [5.41, 5.74) is 0. The van der Waals surface area contributed by atoms with Crippen LogP contribution in [0.25, 0.3) is 0 Å². The van der Waals surface area contributed by atoms with Gasteiger partial charge in [0.05, 0.1) is 0 Å². The van der Waals surface area contributed by atoms with Crippen molar-refractivity contribution in [3.63, 3.8) is 0 Å². The van der Waals surface area contributed by atoms with E-state index in [1.54, 1.807) is 0 Å². The van der Waals surface area contributed by atoms with E-state index in [4.69, 9.17) is 0 Å². The fourth-order valence-electron chi connectivity index (χ4n) is 4.36. The maximum Gasteiger partial charge on any atom is 2.00 e. The van der Waals surface area contributed by atoms with Crippen LogP contribution in [-0.4, -0.2) is 0 Å². The molecule has 0 N–H and O–H groups in total. The first-order valence-electron chi connectivity index (χ1n) is 12.8. The molecule has 0 aromatic heterocycles. The van der Waals surface area contributed by atoms with E-state index in [9.17, 15) is 0 Å². The molecule has 0 spiro atoms. The SMILES string of the molecule is [Cu+2].c1ccc(P(c2ccccc2)c2ccccc2)cc1.c1ccc(P(c2ccccc2)c2ccccc2)cc1. The molecule has 0 amide bonds.